The molecule has 0 amide bonds. The Morgan fingerprint density at radius 3 is 0.741 bits per heavy atom. The van der Waals surface area contributed by atoms with Gasteiger partial charge in [0.15, 0.2) is 0 Å². The Bertz CT molecular complexity index is 348. The third kappa shape index (κ3) is 6.70. The van der Waals surface area contributed by atoms with E-state index >= 15 is 0 Å². The normalized spacial score (nSPS) is 14.0. The van der Waals surface area contributed by atoms with Crippen LogP contribution in [0.15, 0.2) is 0 Å². The molecule has 0 N–H and O–H groups in total. The van der Waals surface area contributed by atoms with Gasteiger partial charge in [-0.3, -0.25) is 0 Å². The smallest absolute Gasteiger partial charge is 0.377 e. The van der Waals surface area contributed by atoms with E-state index in [1.54, 1.807) is 0 Å². The molecule has 0 atom stereocenters. The van der Waals surface area contributed by atoms with Gasteiger partial charge in [-0.25, -0.2) is 0 Å². The van der Waals surface area contributed by atoms with Gasteiger partial charge in [0, 0.05) is 71.1 Å². The summed E-state index contributed by atoms with van der Waals surface area (Å²) in [5, 5.41) is 0. The summed E-state index contributed by atoms with van der Waals surface area (Å²) in [6.07, 6.45) is 0. The number of hydrogen-bond donors (Lipinski definition) is 0. The SMILES string of the molecule is CO[Si](C[Si](OC)(OC)O[Si](OC)(OC)OC)(OC)O[Si](OC)(OC)OC. The first-order chi connectivity index (χ1) is 12.7. The summed E-state index contributed by atoms with van der Waals surface area (Å²) >= 11 is 0. The van der Waals surface area contributed by atoms with Crippen LogP contribution in [0.1, 0.15) is 0 Å². The highest BCUT2D eigenvalue weighted by atomic mass is 28.5. The molecular weight excluding hydrogens is 436 g/mol. The first kappa shape index (κ1) is 27.4. The maximum Gasteiger partial charge on any atom is 0.671 e. The summed E-state index contributed by atoms with van der Waals surface area (Å²) in [6, 6.07) is 0. The number of hydrogen-bond acceptors (Lipinski definition) is 12. The Morgan fingerprint density at radius 1 is 0.370 bits per heavy atom. The van der Waals surface area contributed by atoms with Crippen molar-refractivity contribution in [1.29, 1.82) is 0 Å². The minimum absolute atomic E-state index is 0.0182. The van der Waals surface area contributed by atoms with Crippen molar-refractivity contribution < 1.29 is 52.5 Å². The highest BCUT2D eigenvalue weighted by molar-refractivity contribution is 6.86. The van der Waals surface area contributed by atoms with Crippen LogP contribution >= 0.6 is 0 Å². The van der Waals surface area contributed by atoms with Gasteiger partial charge in [0.1, 0.15) is 0 Å². The van der Waals surface area contributed by atoms with Gasteiger partial charge in [-0.2, -0.15) is 0 Å². The van der Waals surface area contributed by atoms with Crippen molar-refractivity contribution in [2.45, 2.75) is 5.67 Å². The fourth-order valence-corrected chi connectivity index (χ4v) is 16.1. The predicted octanol–water partition coefficient (Wildman–Crippen LogP) is -0.228. The van der Waals surface area contributed by atoms with Gasteiger partial charge in [-0.15, -0.1) is 0 Å². The first-order valence-corrected chi connectivity index (χ1v) is 14.8. The van der Waals surface area contributed by atoms with Gasteiger partial charge >= 0.3 is 35.7 Å². The monoisotopic (exact) mass is 468 g/mol. The summed E-state index contributed by atoms with van der Waals surface area (Å²) in [5.74, 6) is 0. The molecule has 0 radical (unpaired) electrons. The molecule has 0 aliphatic rings. The van der Waals surface area contributed by atoms with E-state index in [0.29, 0.717) is 0 Å². The number of rotatable bonds is 16. The topological polar surface area (TPSA) is 111 Å². The fraction of sp³-hybridized carbons (Fsp3) is 1.00. The highest BCUT2D eigenvalue weighted by Gasteiger charge is 2.64. The third-order valence-electron chi connectivity index (χ3n) is 3.74. The second kappa shape index (κ2) is 12.2. The molecule has 0 aliphatic carbocycles. The average molecular weight is 469 g/mol. The van der Waals surface area contributed by atoms with E-state index in [0.717, 1.165) is 0 Å². The minimum atomic E-state index is -3.53. The van der Waals surface area contributed by atoms with Crippen molar-refractivity contribution in [3.05, 3.63) is 0 Å². The molecule has 0 aliphatic heterocycles. The van der Waals surface area contributed by atoms with Crippen LogP contribution in [-0.2, 0) is 52.5 Å². The molecule has 0 bridgehead atoms. The Labute approximate surface area is 165 Å². The van der Waals surface area contributed by atoms with Gasteiger partial charge in [0.05, 0.1) is 5.67 Å². The van der Waals surface area contributed by atoms with E-state index in [1.165, 1.54) is 71.1 Å². The summed E-state index contributed by atoms with van der Waals surface area (Å²) in [5.41, 5.74) is -0.0182. The molecular formula is C11H32O12Si4. The van der Waals surface area contributed by atoms with E-state index < -0.39 is 35.7 Å². The molecule has 27 heavy (non-hydrogen) atoms. The summed E-state index contributed by atoms with van der Waals surface area (Å²) < 4.78 is 66.3. The fourth-order valence-electron chi connectivity index (χ4n) is 2.09. The van der Waals surface area contributed by atoms with Crippen molar-refractivity contribution in [2.24, 2.45) is 0 Å². The van der Waals surface area contributed by atoms with Crippen LogP contribution in [0.4, 0.5) is 0 Å². The Balaban J connectivity index is 5.93. The lowest BCUT2D eigenvalue weighted by atomic mass is 11.8. The Kier molecular flexibility index (Phi) is 12.3. The van der Waals surface area contributed by atoms with Gasteiger partial charge in [-0.1, -0.05) is 0 Å². The zero-order valence-electron chi connectivity index (χ0n) is 17.6. The van der Waals surface area contributed by atoms with Gasteiger partial charge < -0.3 is 52.5 Å². The molecule has 0 aromatic heterocycles. The lowest BCUT2D eigenvalue weighted by Crippen LogP contribution is -2.66. The zero-order chi connectivity index (χ0) is 21.2. The molecule has 0 saturated carbocycles. The lowest BCUT2D eigenvalue weighted by Gasteiger charge is -2.39. The van der Waals surface area contributed by atoms with Crippen LogP contribution < -0.4 is 0 Å². The maximum absolute atomic E-state index is 6.00. The third-order valence-corrected chi connectivity index (χ3v) is 17.2. The summed E-state index contributed by atoms with van der Waals surface area (Å²) in [4.78, 5) is 0. The largest absolute Gasteiger partial charge is 0.671 e. The van der Waals surface area contributed by atoms with Gasteiger partial charge in [0.2, 0.25) is 0 Å². The molecule has 12 nitrogen and oxygen atoms in total. The van der Waals surface area contributed by atoms with Crippen LogP contribution in [0.3, 0.4) is 0 Å². The van der Waals surface area contributed by atoms with E-state index in [1.807, 2.05) is 0 Å². The molecule has 0 spiro atoms. The van der Waals surface area contributed by atoms with E-state index in [-0.39, 0.29) is 5.67 Å². The quantitative estimate of drug-likeness (QED) is 0.279. The molecule has 0 aromatic rings. The average Bonchev–Trinajstić information content (AvgIpc) is 2.74. The molecule has 0 aromatic carbocycles. The van der Waals surface area contributed by atoms with Gasteiger partial charge in [0.25, 0.3) is 0 Å². The van der Waals surface area contributed by atoms with E-state index in [2.05, 4.69) is 0 Å². The molecule has 0 unspecified atom stereocenters. The molecule has 0 heterocycles. The van der Waals surface area contributed by atoms with Crippen molar-refractivity contribution >= 4 is 35.7 Å². The molecule has 0 saturated heterocycles. The predicted molar refractivity (Wildman–Crippen MR) is 100 cm³/mol. The van der Waals surface area contributed by atoms with Gasteiger partial charge in [-0.05, 0) is 0 Å². The first-order valence-electron chi connectivity index (χ1n) is 7.65. The van der Waals surface area contributed by atoms with Crippen molar-refractivity contribution in [3.63, 3.8) is 0 Å². The standard InChI is InChI=1S/C11H32O12Si4/c1-12-24(13-2,22-26(16-5,17-6)18-7)11-25(14-3,15-4)23-27(19-8,20-9)21-10/h11H2,1-10H3. The van der Waals surface area contributed by atoms with Crippen LogP contribution in [0.25, 0.3) is 0 Å². The van der Waals surface area contributed by atoms with Crippen LogP contribution in [-0.4, -0.2) is 107 Å². The molecule has 16 heteroatoms. The van der Waals surface area contributed by atoms with Crippen LogP contribution in [0, 0.1) is 0 Å². The lowest BCUT2D eigenvalue weighted by molar-refractivity contribution is 0.00577. The Morgan fingerprint density at radius 2 is 0.593 bits per heavy atom. The van der Waals surface area contributed by atoms with Crippen LogP contribution in [0.2, 0.25) is 5.67 Å². The van der Waals surface area contributed by atoms with Crippen molar-refractivity contribution in [2.75, 3.05) is 71.1 Å². The summed E-state index contributed by atoms with van der Waals surface area (Å²) in [6.45, 7) is 0. The zero-order valence-corrected chi connectivity index (χ0v) is 21.6. The highest BCUT2D eigenvalue weighted by Crippen LogP contribution is 2.30. The van der Waals surface area contributed by atoms with Crippen LogP contribution in [0.5, 0.6) is 0 Å². The molecule has 0 fully saturated rings. The second-order valence-electron chi connectivity index (χ2n) is 4.79. The van der Waals surface area contributed by atoms with E-state index in [9.17, 15) is 0 Å². The maximum atomic E-state index is 6.00. The van der Waals surface area contributed by atoms with E-state index in [4.69, 9.17) is 52.5 Å². The summed E-state index contributed by atoms with van der Waals surface area (Å²) in [7, 11) is -0.00119. The van der Waals surface area contributed by atoms with Crippen molar-refractivity contribution in [3.8, 4) is 0 Å². The molecule has 0 rings (SSSR count). The second-order valence-corrected chi connectivity index (χ2v) is 16.6. The molecule has 164 valence electrons. The minimum Gasteiger partial charge on any atom is -0.377 e. The van der Waals surface area contributed by atoms with Crippen molar-refractivity contribution in [1.82, 2.24) is 0 Å². The Hall–Kier alpha value is 0.388.